The summed E-state index contributed by atoms with van der Waals surface area (Å²) in [5.41, 5.74) is 4.42. The summed E-state index contributed by atoms with van der Waals surface area (Å²) >= 11 is 5.73. The number of thiocarbonyl (C=S) groups is 1. The molecule has 154 valence electrons. The lowest BCUT2D eigenvalue weighted by Crippen LogP contribution is -2.29. The van der Waals surface area contributed by atoms with Crippen LogP contribution in [-0.2, 0) is 4.79 Å². The fourth-order valence-electron chi connectivity index (χ4n) is 3.78. The Labute approximate surface area is 180 Å². The van der Waals surface area contributed by atoms with Crippen LogP contribution in [0, 0.1) is 6.92 Å². The van der Waals surface area contributed by atoms with E-state index in [1.807, 2.05) is 54.3 Å². The van der Waals surface area contributed by atoms with E-state index in [2.05, 4.69) is 26.7 Å². The van der Waals surface area contributed by atoms with E-state index in [0.717, 1.165) is 22.8 Å². The summed E-state index contributed by atoms with van der Waals surface area (Å²) in [6, 6.07) is 15.3. The third-order valence-electron chi connectivity index (χ3n) is 5.04. The number of nitrogens with zero attached hydrogens (tertiary/aromatic N) is 2. The highest BCUT2D eigenvalue weighted by Crippen LogP contribution is 2.42. The zero-order valence-electron chi connectivity index (χ0n) is 17.0. The number of aryl methyl sites for hydroxylation is 1. The van der Waals surface area contributed by atoms with Crippen LogP contribution in [0.25, 0.3) is 0 Å². The molecule has 0 radical (unpaired) electrons. The number of benzene rings is 1. The normalized spacial score (nSPS) is 18.2. The summed E-state index contributed by atoms with van der Waals surface area (Å²) in [5, 5.41) is 6.84. The molecule has 1 amide bonds. The van der Waals surface area contributed by atoms with Crippen molar-refractivity contribution < 1.29 is 9.53 Å². The van der Waals surface area contributed by atoms with Crippen LogP contribution >= 0.6 is 12.2 Å². The number of aromatic amines is 1. The van der Waals surface area contributed by atoms with Crippen molar-refractivity contribution in [3.8, 4) is 5.75 Å². The number of nitrogens with one attached hydrogen (secondary N) is 3. The number of ether oxygens (including phenoxy) is 1. The third kappa shape index (κ3) is 3.73. The topological polar surface area (TPSA) is 82.3 Å². The van der Waals surface area contributed by atoms with Gasteiger partial charge in [-0.1, -0.05) is 6.07 Å². The molecule has 0 aliphatic carbocycles. The number of anilines is 2. The van der Waals surface area contributed by atoms with E-state index in [1.54, 1.807) is 13.3 Å². The minimum absolute atomic E-state index is 0.136. The second-order valence-corrected chi connectivity index (χ2v) is 7.55. The number of carbonyl (C=O) groups is 1. The average Bonchev–Trinajstić information content (AvgIpc) is 3.31. The number of H-pyrrole nitrogens is 1. The van der Waals surface area contributed by atoms with Gasteiger partial charge in [-0.05, 0) is 61.6 Å². The molecule has 2 aromatic heterocycles. The molecule has 1 saturated heterocycles. The standard InChI is InChI=1S/C22H23N5O2S/c1-13-7-9-17(24-13)21-20(16-6-4-5-11-23-16)26-22(30)27(21)15-8-10-19(29-3)18(12-15)25-14(2)28/h4-12,20-21,24H,1-3H3,(H,25,28)(H,26,30)/t20-,21+/m0/s1. The molecule has 0 bridgehead atoms. The van der Waals surface area contributed by atoms with Gasteiger partial charge < -0.3 is 25.3 Å². The van der Waals surface area contributed by atoms with Gasteiger partial charge in [0, 0.05) is 30.2 Å². The maximum atomic E-state index is 11.7. The van der Waals surface area contributed by atoms with Crippen LogP contribution in [0.5, 0.6) is 5.75 Å². The highest BCUT2D eigenvalue weighted by molar-refractivity contribution is 7.80. The molecule has 2 atom stereocenters. The summed E-state index contributed by atoms with van der Waals surface area (Å²) in [5.74, 6) is 0.413. The Hall–Kier alpha value is -3.39. The Kier molecular flexibility index (Phi) is 5.41. The summed E-state index contributed by atoms with van der Waals surface area (Å²) in [7, 11) is 1.57. The van der Waals surface area contributed by atoms with Crippen molar-refractivity contribution in [2.24, 2.45) is 0 Å². The zero-order valence-corrected chi connectivity index (χ0v) is 17.8. The lowest BCUT2D eigenvalue weighted by molar-refractivity contribution is -0.114. The molecule has 7 nitrogen and oxygen atoms in total. The summed E-state index contributed by atoms with van der Waals surface area (Å²) in [6.07, 6.45) is 1.78. The zero-order chi connectivity index (χ0) is 21.3. The molecule has 1 aliphatic heterocycles. The molecular weight excluding hydrogens is 398 g/mol. The van der Waals surface area contributed by atoms with Gasteiger partial charge in [-0.25, -0.2) is 0 Å². The number of amides is 1. The van der Waals surface area contributed by atoms with Crippen LogP contribution in [0.15, 0.2) is 54.7 Å². The van der Waals surface area contributed by atoms with Gasteiger partial charge in [0.15, 0.2) is 5.11 Å². The van der Waals surface area contributed by atoms with Gasteiger partial charge in [-0.3, -0.25) is 9.78 Å². The van der Waals surface area contributed by atoms with Crippen molar-refractivity contribution in [1.82, 2.24) is 15.3 Å². The Bertz CT molecular complexity index is 1080. The predicted octanol–water partition coefficient (Wildman–Crippen LogP) is 3.86. The smallest absolute Gasteiger partial charge is 0.221 e. The highest BCUT2D eigenvalue weighted by Gasteiger charge is 2.41. The van der Waals surface area contributed by atoms with Gasteiger partial charge in [0.1, 0.15) is 11.8 Å². The van der Waals surface area contributed by atoms with E-state index < -0.39 is 0 Å². The molecular formula is C22H23N5O2S. The van der Waals surface area contributed by atoms with Crippen LogP contribution in [0.2, 0.25) is 0 Å². The van der Waals surface area contributed by atoms with Crippen molar-refractivity contribution in [2.45, 2.75) is 25.9 Å². The first-order valence-corrected chi connectivity index (χ1v) is 10.0. The number of pyridine rings is 1. The molecule has 30 heavy (non-hydrogen) atoms. The van der Waals surface area contributed by atoms with E-state index in [9.17, 15) is 4.79 Å². The second kappa shape index (κ2) is 8.16. The van der Waals surface area contributed by atoms with Crippen molar-refractivity contribution in [2.75, 3.05) is 17.3 Å². The molecule has 0 unspecified atom stereocenters. The maximum absolute atomic E-state index is 11.7. The molecule has 8 heteroatoms. The molecule has 0 spiro atoms. The predicted molar refractivity (Wildman–Crippen MR) is 121 cm³/mol. The lowest BCUT2D eigenvalue weighted by atomic mass is 10.0. The van der Waals surface area contributed by atoms with Gasteiger partial charge in [0.05, 0.1) is 24.5 Å². The number of hydrogen-bond acceptors (Lipinski definition) is 4. The minimum Gasteiger partial charge on any atom is -0.495 e. The number of hydrogen-bond donors (Lipinski definition) is 3. The quantitative estimate of drug-likeness (QED) is 0.543. The lowest BCUT2D eigenvalue weighted by Gasteiger charge is -2.27. The molecule has 0 saturated carbocycles. The second-order valence-electron chi connectivity index (χ2n) is 7.16. The van der Waals surface area contributed by atoms with Crippen molar-refractivity contribution >= 4 is 34.6 Å². The van der Waals surface area contributed by atoms with Gasteiger partial charge in [0.25, 0.3) is 0 Å². The van der Waals surface area contributed by atoms with Crippen molar-refractivity contribution in [1.29, 1.82) is 0 Å². The fraction of sp³-hybridized carbons (Fsp3) is 0.227. The molecule has 3 heterocycles. The largest absolute Gasteiger partial charge is 0.495 e. The summed E-state index contributed by atoms with van der Waals surface area (Å²) in [6.45, 7) is 3.49. The van der Waals surface area contributed by atoms with Gasteiger partial charge in [0.2, 0.25) is 5.91 Å². The van der Waals surface area contributed by atoms with Gasteiger partial charge >= 0.3 is 0 Å². The molecule has 1 fully saturated rings. The Morgan fingerprint density at radius 1 is 1.23 bits per heavy atom. The Balaban J connectivity index is 1.81. The fourth-order valence-corrected chi connectivity index (χ4v) is 4.13. The Morgan fingerprint density at radius 3 is 2.70 bits per heavy atom. The molecule has 3 aromatic rings. The molecule has 1 aliphatic rings. The average molecular weight is 422 g/mol. The first-order chi connectivity index (χ1) is 14.5. The Morgan fingerprint density at radius 2 is 2.07 bits per heavy atom. The first kappa shape index (κ1) is 19.9. The SMILES string of the molecule is COc1ccc(N2C(=S)N[C@@H](c3ccccn3)[C@H]2c2ccc(C)[nH]2)cc1NC(C)=O. The summed E-state index contributed by atoms with van der Waals surface area (Å²) in [4.78, 5) is 21.7. The van der Waals surface area contributed by atoms with E-state index in [0.29, 0.717) is 16.5 Å². The third-order valence-corrected chi connectivity index (χ3v) is 5.36. The number of rotatable bonds is 5. The van der Waals surface area contributed by atoms with Crippen LogP contribution in [0.3, 0.4) is 0 Å². The molecule has 3 N–H and O–H groups in total. The van der Waals surface area contributed by atoms with E-state index in [4.69, 9.17) is 17.0 Å². The maximum Gasteiger partial charge on any atom is 0.221 e. The molecule has 4 rings (SSSR count). The number of carbonyl (C=O) groups excluding carboxylic acids is 1. The van der Waals surface area contributed by atoms with E-state index >= 15 is 0 Å². The van der Waals surface area contributed by atoms with Crippen molar-refractivity contribution in [3.63, 3.8) is 0 Å². The number of methoxy groups -OCH3 is 1. The van der Waals surface area contributed by atoms with Gasteiger partial charge in [-0.15, -0.1) is 0 Å². The van der Waals surface area contributed by atoms with Crippen molar-refractivity contribution in [3.05, 3.63) is 71.8 Å². The monoisotopic (exact) mass is 421 g/mol. The first-order valence-electron chi connectivity index (χ1n) is 9.59. The van der Waals surface area contributed by atoms with E-state index in [-0.39, 0.29) is 18.0 Å². The van der Waals surface area contributed by atoms with Gasteiger partial charge in [-0.2, -0.15) is 0 Å². The van der Waals surface area contributed by atoms with Crippen LogP contribution < -0.4 is 20.3 Å². The molecule has 1 aromatic carbocycles. The summed E-state index contributed by atoms with van der Waals surface area (Å²) < 4.78 is 5.40. The minimum atomic E-state index is -0.171. The van der Waals surface area contributed by atoms with Crippen LogP contribution in [0.4, 0.5) is 11.4 Å². The number of aromatic nitrogens is 2. The van der Waals surface area contributed by atoms with E-state index in [1.165, 1.54) is 6.92 Å². The van der Waals surface area contributed by atoms with Crippen LogP contribution in [0.1, 0.15) is 36.1 Å². The van der Waals surface area contributed by atoms with Crippen LogP contribution in [-0.4, -0.2) is 28.1 Å². The highest BCUT2D eigenvalue weighted by atomic mass is 32.1.